The molecule has 0 bridgehead atoms. The van der Waals surface area contributed by atoms with E-state index in [1.807, 2.05) is 13.8 Å². The largest absolute Gasteiger partial charge is 0.469 e. The van der Waals surface area contributed by atoms with Gasteiger partial charge in [0, 0.05) is 12.3 Å². The minimum atomic E-state index is -0.619. The van der Waals surface area contributed by atoms with Gasteiger partial charge in [-0.1, -0.05) is 20.3 Å². The molecule has 0 fully saturated rings. The molecule has 116 valence electrons. The van der Waals surface area contributed by atoms with Gasteiger partial charge in [0.2, 0.25) is 0 Å². The van der Waals surface area contributed by atoms with Gasteiger partial charge in [-0.05, 0) is 33.1 Å². The maximum atomic E-state index is 12.0. The number of esters is 2. The maximum absolute atomic E-state index is 12.0. The summed E-state index contributed by atoms with van der Waals surface area (Å²) in [5.74, 6) is -1.28. The molecule has 5 nitrogen and oxygen atoms in total. The summed E-state index contributed by atoms with van der Waals surface area (Å²) in [5, 5.41) is 8.04. The van der Waals surface area contributed by atoms with Crippen LogP contribution in [0, 0.1) is 17.2 Å². The summed E-state index contributed by atoms with van der Waals surface area (Å²) in [6.45, 7) is 9.16. The van der Waals surface area contributed by atoms with Crippen molar-refractivity contribution in [2.75, 3.05) is 7.11 Å². The van der Waals surface area contributed by atoms with Crippen LogP contribution in [-0.4, -0.2) is 30.4 Å². The van der Waals surface area contributed by atoms with E-state index in [1.54, 1.807) is 20.8 Å². The first-order chi connectivity index (χ1) is 9.16. The monoisotopic (exact) mass is 285 g/mol. The highest BCUT2D eigenvalue weighted by molar-refractivity contribution is 6.36. The van der Waals surface area contributed by atoms with Crippen molar-refractivity contribution >= 4 is 17.7 Å². The molecule has 0 aromatic carbocycles. The topological polar surface area (TPSA) is 76.5 Å². The van der Waals surface area contributed by atoms with Crippen LogP contribution in [0.2, 0.25) is 0 Å². The standard InChI is InChI=1S/C15H27NO4/c1-7-10(9-12(17)19-6)11(8-2)13(16)14(18)20-15(3,4)5/h10-11,16H,7-9H2,1-6H3/t10?,11-/m0/s1. The lowest BCUT2D eigenvalue weighted by Gasteiger charge is -2.26. The number of nitrogens with one attached hydrogen (secondary N) is 1. The lowest BCUT2D eigenvalue weighted by atomic mass is 9.82. The van der Waals surface area contributed by atoms with Crippen molar-refractivity contribution in [3.63, 3.8) is 0 Å². The summed E-state index contributed by atoms with van der Waals surface area (Å²) in [6, 6.07) is 0. The van der Waals surface area contributed by atoms with Gasteiger partial charge in [0.05, 0.1) is 7.11 Å². The van der Waals surface area contributed by atoms with E-state index in [1.165, 1.54) is 7.11 Å². The molecule has 0 radical (unpaired) electrons. The zero-order chi connectivity index (χ0) is 15.9. The number of methoxy groups -OCH3 is 1. The van der Waals surface area contributed by atoms with Crippen LogP contribution < -0.4 is 0 Å². The second-order valence-corrected chi connectivity index (χ2v) is 5.88. The lowest BCUT2D eigenvalue weighted by Crippen LogP contribution is -2.35. The van der Waals surface area contributed by atoms with E-state index in [4.69, 9.17) is 10.1 Å². The Balaban J connectivity index is 4.90. The molecule has 20 heavy (non-hydrogen) atoms. The summed E-state index contributed by atoms with van der Waals surface area (Å²) < 4.78 is 9.90. The Morgan fingerprint density at radius 1 is 1.15 bits per heavy atom. The maximum Gasteiger partial charge on any atom is 0.352 e. The number of carbonyl (C=O) groups excluding carboxylic acids is 2. The molecule has 2 atom stereocenters. The van der Waals surface area contributed by atoms with Crippen LogP contribution in [0.5, 0.6) is 0 Å². The molecule has 0 saturated carbocycles. The smallest absolute Gasteiger partial charge is 0.352 e. The molecule has 5 heteroatoms. The number of hydrogen-bond donors (Lipinski definition) is 1. The van der Waals surface area contributed by atoms with Crippen LogP contribution in [0.4, 0.5) is 0 Å². The van der Waals surface area contributed by atoms with Gasteiger partial charge in [-0.2, -0.15) is 0 Å². The molecular formula is C15H27NO4. The van der Waals surface area contributed by atoms with Gasteiger partial charge in [0.15, 0.2) is 0 Å². The quantitative estimate of drug-likeness (QED) is 0.576. The molecule has 0 aliphatic rings. The predicted octanol–water partition coefficient (Wildman–Crippen LogP) is 2.96. The fourth-order valence-electron chi connectivity index (χ4n) is 2.13. The SMILES string of the molecule is CCC(CC(=O)OC)[C@H](CC)C(=N)C(=O)OC(C)(C)C. The highest BCUT2D eigenvalue weighted by atomic mass is 16.6. The Kier molecular flexibility index (Phi) is 7.46. The lowest BCUT2D eigenvalue weighted by molar-refractivity contribution is -0.147. The summed E-state index contributed by atoms with van der Waals surface area (Å²) in [4.78, 5) is 23.4. The van der Waals surface area contributed by atoms with E-state index in [-0.39, 0.29) is 29.9 Å². The summed E-state index contributed by atoms with van der Waals surface area (Å²) in [7, 11) is 1.34. The van der Waals surface area contributed by atoms with Crippen molar-refractivity contribution in [3.8, 4) is 0 Å². The third-order valence-corrected chi connectivity index (χ3v) is 3.18. The van der Waals surface area contributed by atoms with Gasteiger partial charge in [-0.25, -0.2) is 4.79 Å². The van der Waals surface area contributed by atoms with E-state index in [0.29, 0.717) is 12.8 Å². The third kappa shape index (κ3) is 6.17. The number of hydrogen-bond acceptors (Lipinski definition) is 5. The number of ether oxygens (including phenoxy) is 2. The average molecular weight is 285 g/mol. The van der Waals surface area contributed by atoms with E-state index < -0.39 is 11.6 Å². The van der Waals surface area contributed by atoms with Crippen molar-refractivity contribution in [2.45, 2.75) is 59.5 Å². The average Bonchev–Trinajstić information content (AvgIpc) is 2.35. The van der Waals surface area contributed by atoms with Gasteiger partial charge < -0.3 is 9.47 Å². The summed E-state index contributed by atoms with van der Waals surface area (Å²) in [6.07, 6.45) is 1.54. The van der Waals surface area contributed by atoms with Crippen LogP contribution in [-0.2, 0) is 19.1 Å². The van der Waals surface area contributed by atoms with E-state index in [2.05, 4.69) is 4.74 Å². The molecule has 0 heterocycles. The summed E-state index contributed by atoms with van der Waals surface area (Å²) in [5.41, 5.74) is -0.677. The zero-order valence-corrected chi connectivity index (χ0v) is 13.4. The van der Waals surface area contributed by atoms with Gasteiger partial charge in [-0.3, -0.25) is 10.2 Å². The minimum absolute atomic E-state index is 0.0572. The van der Waals surface area contributed by atoms with Crippen molar-refractivity contribution in [1.82, 2.24) is 0 Å². The van der Waals surface area contributed by atoms with E-state index >= 15 is 0 Å². The normalized spacial score (nSPS) is 14.3. The van der Waals surface area contributed by atoms with E-state index in [9.17, 15) is 9.59 Å². The molecular weight excluding hydrogens is 258 g/mol. The molecule has 0 aromatic rings. The fourth-order valence-corrected chi connectivity index (χ4v) is 2.13. The number of carbonyl (C=O) groups is 2. The first kappa shape index (κ1) is 18.6. The molecule has 0 aliphatic carbocycles. The Morgan fingerprint density at radius 2 is 1.70 bits per heavy atom. The van der Waals surface area contributed by atoms with Gasteiger partial charge in [-0.15, -0.1) is 0 Å². The highest BCUT2D eigenvalue weighted by Gasteiger charge is 2.31. The van der Waals surface area contributed by atoms with Crippen molar-refractivity contribution in [2.24, 2.45) is 11.8 Å². The molecule has 0 amide bonds. The summed E-state index contributed by atoms with van der Waals surface area (Å²) >= 11 is 0. The van der Waals surface area contributed by atoms with E-state index in [0.717, 1.165) is 0 Å². The van der Waals surface area contributed by atoms with Gasteiger partial charge >= 0.3 is 11.9 Å². The van der Waals surface area contributed by atoms with Gasteiger partial charge in [0.1, 0.15) is 11.3 Å². The third-order valence-electron chi connectivity index (χ3n) is 3.18. The predicted molar refractivity (Wildman–Crippen MR) is 77.8 cm³/mol. The minimum Gasteiger partial charge on any atom is -0.469 e. The van der Waals surface area contributed by atoms with Crippen LogP contribution in [0.15, 0.2) is 0 Å². The molecule has 1 N–H and O–H groups in total. The molecule has 1 unspecified atom stereocenters. The van der Waals surface area contributed by atoms with Crippen molar-refractivity contribution in [3.05, 3.63) is 0 Å². The van der Waals surface area contributed by atoms with Crippen LogP contribution in [0.1, 0.15) is 53.9 Å². The Hall–Kier alpha value is -1.39. The molecule has 0 aromatic heterocycles. The molecule has 0 aliphatic heterocycles. The highest BCUT2D eigenvalue weighted by Crippen LogP contribution is 2.25. The second-order valence-electron chi connectivity index (χ2n) is 5.88. The zero-order valence-electron chi connectivity index (χ0n) is 13.4. The Bertz CT molecular complexity index is 357. The molecule has 0 spiro atoms. The first-order valence-corrected chi connectivity index (χ1v) is 7.04. The Labute approximate surface area is 121 Å². The van der Waals surface area contributed by atoms with Gasteiger partial charge in [0.25, 0.3) is 0 Å². The van der Waals surface area contributed by atoms with Crippen LogP contribution in [0.25, 0.3) is 0 Å². The first-order valence-electron chi connectivity index (χ1n) is 7.04. The molecule has 0 rings (SSSR count). The number of rotatable bonds is 7. The van der Waals surface area contributed by atoms with Crippen molar-refractivity contribution < 1.29 is 19.1 Å². The van der Waals surface area contributed by atoms with Crippen LogP contribution in [0.3, 0.4) is 0 Å². The fraction of sp³-hybridized carbons (Fsp3) is 0.800. The van der Waals surface area contributed by atoms with Crippen molar-refractivity contribution in [1.29, 1.82) is 5.41 Å². The van der Waals surface area contributed by atoms with Crippen LogP contribution >= 0.6 is 0 Å². The molecule has 0 saturated heterocycles. The second kappa shape index (κ2) is 8.02. The Morgan fingerprint density at radius 3 is 2.05 bits per heavy atom.